The molecule has 1 atom stereocenters. The smallest absolute Gasteiger partial charge is 0.242 e. The molecule has 0 aliphatic heterocycles. The minimum atomic E-state index is -0.572. The standard InChI is InChI=1S/C14H18N4O/c1-10-8-13(18(2)17-10)16-14(19)12(15)9-11-6-4-3-5-7-11/h3-8,12H,9,15H2,1-2H3,(H,16,19)/t12-/m0/s1. The second-order valence-electron chi connectivity index (χ2n) is 4.58. The number of nitrogens with two attached hydrogens (primary N) is 1. The third kappa shape index (κ3) is 3.42. The van der Waals surface area contributed by atoms with Crippen molar-refractivity contribution in [2.24, 2.45) is 12.8 Å². The van der Waals surface area contributed by atoms with E-state index in [0.29, 0.717) is 12.2 Å². The summed E-state index contributed by atoms with van der Waals surface area (Å²) in [5.41, 5.74) is 7.82. The van der Waals surface area contributed by atoms with Crippen LogP contribution in [0.25, 0.3) is 0 Å². The van der Waals surface area contributed by atoms with E-state index in [4.69, 9.17) is 5.73 Å². The van der Waals surface area contributed by atoms with E-state index in [-0.39, 0.29) is 5.91 Å². The van der Waals surface area contributed by atoms with Crippen LogP contribution in [0, 0.1) is 6.92 Å². The molecule has 1 aromatic heterocycles. The number of amides is 1. The van der Waals surface area contributed by atoms with Crippen LogP contribution in [0.4, 0.5) is 5.82 Å². The molecule has 0 spiro atoms. The maximum atomic E-state index is 12.0. The second-order valence-corrected chi connectivity index (χ2v) is 4.58. The lowest BCUT2D eigenvalue weighted by molar-refractivity contribution is -0.117. The van der Waals surface area contributed by atoms with E-state index in [1.54, 1.807) is 11.7 Å². The Bertz CT molecular complexity index is 562. The molecular formula is C14H18N4O. The van der Waals surface area contributed by atoms with Crippen LogP contribution >= 0.6 is 0 Å². The van der Waals surface area contributed by atoms with Gasteiger partial charge in [-0.05, 0) is 18.9 Å². The summed E-state index contributed by atoms with van der Waals surface area (Å²) < 4.78 is 1.63. The monoisotopic (exact) mass is 258 g/mol. The number of anilines is 1. The molecule has 0 saturated heterocycles. The van der Waals surface area contributed by atoms with Crippen molar-refractivity contribution >= 4 is 11.7 Å². The normalized spacial score (nSPS) is 12.2. The number of benzene rings is 1. The first-order valence-electron chi connectivity index (χ1n) is 6.17. The van der Waals surface area contributed by atoms with Crippen molar-refractivity contribution in [1.82, 2.24) is 9.78 Å². The third-order valence-electron chi connectivity index (χ3n) is 2.89. The molecule has 3 N–H and O–H groups in total. The molecule has 0 aliphatic rings. The number of aryl methyl sites for hydroxylation is 2. The largest absolute Gasteiger partial charge is 0.320 e. The number of carbonyl (C=O) groups excluding carboxylic acids is 1. The lowest BCUT2D eigenvalue weighted by Crippen LogP contribution is -2.37. The van der Waals surface area contributed by atoms with E-state index in [1.165, 1.54) is 0 Å². The molecule has 5 heteroatoms. The Morgan fingerprint density at radius 2 is 2.11 bits per heavy atom. The van der Waals surface area contributed by atoms with Crippen LogP contribution < -0.4 is 11.1 Å². The van der Waals surface area contributed by atoms with Gasteiger partial charge in [0.05, 0.1) is 11.7 Å². The zero-order chi connectivity index (χ0) is 13.8. The Hall–Kier alpha value is -2.14. The van der Waals surface area contributed by atoms with E-state index in [1.807, 2.05) is 43.3 Å². The number of aromatic nitrogens is 2. The predicted molar refractivity (Wildman–Crippen MR) is 74.7 cm³/mol. The third-order valence-corrected chi connectivity index (χ3v) is 2.89. The van der Waals surface area contributed by atoms with Gasteiger partial charge < -0.3 is 11.1 Å². The molecule has 100 valence electrons. The average molecular weight is 258 g/mol. The van der Waals surface area contributed by atoms with Gasteiger partial charge in [0.15, 0.2) is 0 Å². The van der Waals surface area contributed by atoms with Crippen LogP contribution in [0.15, 0.2) is 36.4 Å². The number of rotatable bonds is 4. The summed E-state index contributed by atoms with van der Waals surface area (Å²) in [6.07, 6.45) is 0.517. The zero-order valence-corrected chi connectivity index (χ0v) is 11.1. The van der Waals surface area contributed by atoms with Crippen LogP contribution in [0.5, 0.6) is 0 Å². The minimum absolute atomic E-state index is 0.202. The van der Waals surface area contributed by atoms with Crippen LogP contribution in [-0.4, -0.2) is 21.7 Å². The number of nitrogens with one attached hydrogen (secondary N) is 1. The second kappa shape index (κ2) is 5.67. The van der Waals surface area contributed by atoms with Gasteiger partial charge in [-0.25, -0.2) is 0 Å². The quantitative estimate of drug-likeness (QED) is 0.866. The topological polar surface area (TPSA) is 72.9 Å². The number of carbonyl (C=O) groups is 1. The first kappa shape index (κ1) is 13.3. The van der Waals surface area contributed by atoms with Crippen LogP contribution in [0.1, 0.15) is 11.3 Å². The Balaban J connectivity index is 1.98. The van der Waals surface area contributed by atoms with Gasteiger partial charge >= 0.3 is 0 Å². The van der Waals surface area contributed by atoms with Crippen molar-refractivity contribution in [2.75, 3.05) is 5.32 Å². The van der Waals surface area contributed by atoms with E-state index in [2.05, 4.69) is 10.4 Å². The summed E-state index contributed by atoms with van der Waals surface area (Å²) >= 11 is 0. The fourth-order valence-corrected chi connectivity index (χ4v) is 1.91. The lowest BCUT2D eigenvalue weighted by atomic mass is 10.1. The number of hydrogen-bond donors (Lipinski definition) is 2. The summed E-state index contributed by atoms with van der Waals surface area (Å²) in [4.78, 5) is 12.0. The van der Waals surface area contributed by atoms with Crippen molar-refractivity contribution in [3.8, 4) is 0 Å². The van der Waals surface area contributed by atoms with Gasteiger partial charge in [0.1, 0.15) is 5.82 Å². The van der Waals surface area contributed by atoms with Gasteiger partial charge in [-0.15, -0.1) is 0 Å². The Morgan fingerprint density at radius 3 is 2.68 bits per heavy atom. The molecule has 5 nitrogen and oxygen atoms in total. The number of hydrogen-bond acceptors (Lipinski definition) is 3. The Labute approximate surface area is 112 Å². The van der Waals surface area contributed by atoms with Crippen molar-refractivity contribution in [3.63, 3.8) is 0 Å². The molecule has 1 amide bonds. The highest BCUT2D eigenvalue weighted by molar-refractivity contribution is 5.94. The SMILES string of the molecule is Cc1cc(NC(=O)[C@@H](N)Cc2ccccc2)n(C)n1. The Morgan fingerprint density at radius 1 is 1.42 bits per heavy atom. The van der Waals surface area contributed by atoms with Crippen LogP contribution in [0.3, 0.4) is 0 Å². The highest BCUT2D eigenvalue weighted by Gasteiger charge is 2.15. The van der Waals surface area contributed by atoms with E-state index in [0.717, 1.165) is 11.3 Å². The molecule has 2 aromatic rings. The first-order valence-corrected chi connectivity index (χ1v) is 6.17. The molecule has 1 aromatic carbocycles. The molecule has 0 unspecified atom stereocenters. The predicted octanol–water partition coefficient (Wildman–Crippen LogP) is 1.24. The van der Waals surface area contributed by atoms with E-state index in [9.17, 15) is 4.79 Å². The van der Waals surface area contributed by atoms with E-state index < -0.39 is 6.04 Å². The summed E-state index contributed by atoms with van der Waals surface area (Å²) in [5, 5.41) is 6.96. The molecule has 0 fully saturated rings. The van der Waals surface area contributed by atoms with Crippen molar-refractivity contribution in [3.05, 3.63) is 47.7 Å². The Kier molecular flexibility index (Phi) is 3.97. The fourth-order valence-electron chi connectivity index (χ4n) is 1.91. The highest BCUT2D eigenvalue weighted by atomic mass is 16.2. The summed E-state index contributed by atoms with van der Waals surface area (Å²) in [5.74, 6) is 0.456. The molecular weight excluding hydrogens is 240 g/mol. The summed E-state index contributed by atoms with van der Waals surface area (Å²) in [6, 6.07) is 11.0. The van der Waals surface area contributed by atoms with Crippen LogP contribution in [0.2, 0.25) is 0 Å². The summed E-state index contributed by atoms with van der Waals surface area (Å²) in [6.45, 7) is 1.87. The van der Waals surface area contributed by atoms with Gasteiger partial charge in [0.25, 0.3) is 0 Å². The maximum absolute atomic E-state index is 12.0. The molecule has 0 radical (unpaired) electrons. The van der Waals surface area contributed by atoms with Crippen molar-refractivity contribution in [1.29, 1.82) is 0 Å². The highest BCUT2D eigenvalue weighted by Crippen LogP contribution is 2.09. The van der Waals surface area contributed by atoms with Gasteiger partial charge in [-0.1, -0.05) is 30.3 Å². The minimum Gasteiger partial charge on any atom is -0.320 e. The van der Waals surface area contributed by atoms with Gasteiger partial charge in [0, 0.05) is 13.1 Å². The molecule has 0 saturated carbocycles. The first-order chi connectivity index (χ1) is 9.06. The molecule has 0 aliphatic carbocycles. The molecule has 19 heavy (non-hydrogen) atoms. The lowest BCUT2D eigenvalue weighted by Gasteiger charge is -2.12. The zero-order valence-electron chi connectivity index (χ0n) is 11.1. The number of nitrogens with zero attached hydrogens (tertiary/aromatic N) is 2. The van der Waals surface area contributed by atoms with Gasteiger partial charge in [0.2, 0.25) is 5.91 Å². The van der Waals surface area contributed by atoms with Gasteiger partial charge in [-0.2, -0.15) is 5.10 Å². The average Bonchev–Trinajstić information content (AvgIpc) is 2.69. The van der Waals surface area contributed by atoms with E-state index >= 15 is 0 Å². The van der Waals surface area contributed by atoms with Crippen LogP contribution in [-0.2, 0) is 18.3 Å². The maximum Gasteiger partial charge on any atom is 0.242 e. The van der Waals surface area contributed by atoms with Crippen molar-refractivity contribution in [2.45, 2.75) is 19.4 Å². The van der Waals surface area contributed by atoms with Crippen molar-refractivity contribution < 1.29 is 4.79 Å². The summed E-state index contributed by atoms with van der Waals surface area (Å²) in [7, 11) is 1.78. The van der Waals surface area contributed by atoms with Gasteiger partial charge in [-0.3, -0.25) is 9.48 Å². The molecule has 1 heterocycles. The molecule has 2 rings (SSSR count). The fraction of sp³-hybridized carbons (Fsp3) is 0.286. The molecule has 0 bridgehead atoms.